The third-order valence-corrected chi connectivity index (χ3v) is 5.93. The Labute approximate surface area is 162 Å². The highest BCUT2D eigenvalue weighted by atomic mass is 35.5. The topological polar surface area (TPSA) is 61.4 Å². The summed E-state index contributed by atoms with van der Waals surface area (Å²) in [6, 6.07) is 7.29. The number of carbonyl (C=O) groups is 2. The van der Waals surface area contributed by atoms with E-state index in [-0.39, 0.29) is 29.6 Å². The molecule has 2 N–H and O–H groups in total. The van der Waals surface area contributed by atoms with E-state index in [0.717, 1.165) is 38.0 Å². The zero-order valence-electron chi connectivity index (χ0n) is 15.7. The van der Waals surface area contributed by atoms with Crippen LogP contribution in [-0.4, -0.2) is 42.9 Å². The van der Waals surface area contributed by atoms with Gasteiger partial charge in [0, 0.05) is 30.9 Å². The van der Waals surface area contributed by atoms with Gasteiger partial charge >= 0.3 is 0 Å². The predicted octanol–water partition coefficient (Wildman–Crippen LogP) is 3.31. The van der Waals surface area contributed by atoms with Gasteiger partial charge in [0.05, 0.1) is 5.41 Å². The number of hydrogen-bond acceptors (Lipinski definition) is 3. The summed E-state index contributed by atoms with van der Waals surface area (Å²) in [4.78, 5) is 27.1. The average Bonchev–Trinajstić information content (AvgIpc) is 3.08. The molecule has 1 saturated heterocycles. The predicted molar refractivity (Wildman–Crippen MR) is 107 cm³/mol. The van der Waals surface area contributed by atoms with E-state index in [1.54, 1.807) is 17.0 Å². The summed E-state index contributed by atoms with van der Waals surface area (Å²) in [5.41, 5.74) is 1.18. The molecule has 5 nitrogen and oxygen atoms in total. The zero-order valence-corrected chi connectivity index (χ0v) is 16.5. The first-order valence-corrected chi connectivity index (χ1v) is 9.52. The third-order valence-electron chi connectivity index (χ3n) is 5.93. The highest BCUT2D eigenvalue weighted by Crippen LogP contribution is 2.44. The van der Waals surface area contributed by atoms with E-state index >= 15 is 0 Å². The number of carbonyl (C=O) groups excluding carboxylic acids is 2. The number of nitrogens with zero attached hydrogens (tertiary/aromatic N) is 1. The Bertz CT molecular complexity index is 630. The van der Waals surface area contributed by atoms with Gasteiger partial charge in [-0.15, -0.1) is 12.4 Å². The number of halogens is 1. The van der Waals surface area contributed by atoms with Crippen molar-refractivity contribution in [1.29, 1.82) is 0 Å². The molecule has 1 aromatic carbocycles. The minimum atomic E-state index is -0.256. The Morgan fingerprint density at radius 1 is 1.19 bits per heavy atom. The molecule has 1 aliphatic carbocycles. The van der Waals surface area contributed by atoms with Crippen LogP contribution in [0.2, 0.25) is 0 Å². The van der Waals surface area contributed by atoms with E-state index in [9.17, 15) is 9.59 Å². The smallest absolute Gasteiger partial charge is 0.253 e. The highest BCUT2D eigenvalue weighted by Gasteiger charge is 2.49. The molecule has 0 spiro atoms. The van der Waals surface area contributed by atoms with Crippen LogP contribution in [0.5, 0.6) is 0 Å². The fraction of sp³-hybridized carbons (Fsp3) is 0.600. The van der Waals surface area contributed by atoms with Crippen LogP contribution in [-0.2, 0) is 4.79 Å². The van der Waals surface area contributed by atoms with Gasteiger partial charge in [0.15, 0.2) is 0 Å². The van der Waals surface area contributed by atoms with Gasteiger partial charge in [-0.25, -0.2) is 0 Å². The Morgan fingerprint density at radius 2 is 1.88 bits per heavy atom. The van der Waals surface area contributed by atoms with Gasteiger partial charge in [0.25, 0.3) is 5.91 Å². The standard InChI is InChI=1S/C20H29N3O2.ClH/c1-3-23(4-2)18(24)15-8-10-17(11-9-15)22-19(25)20-12-6-5-7-16(20)13-21-14-20;/h8-11,16,21H,3-7,12-14H2,1-2H3,(H,22,25);1H/t16-,20+;/m0./s1. The molecular weight excluding hydrogens is 350 g/mol. The zero-order chi connectivity index (χ0) is 17.9. The first-order chi connectivity index (χ1) is 12.1. The average molecular weight is 380 g/mol. The molecule has 1 aliphatic heterocycles. The number of fused-ring (bicyclic) bond motifs is 1. The molecule has 1 aromatic rings. The van der Waals surface area contributed by atoms with Crippen LogP contribution in [0.1, 0.15) is 49.9 Å². The number of amides is 2. The van der Waals surface area contributed by atoms with Crippen molar-refractivity contribution in [1.82, 2.24) is 10.2 Å². The van der Waals surface area contributed by atoms with Gasteiger partial charge < -0.3 is 15.5 Å². The van der Waals surface area contributed by atoms with Gasteiger partial charge in [0.2, 0.25) is 5.91 Å². The summed E-state index contributed by atoms with van der Waals surface area (Å²) in [5.74, 6) is 0.614. The summed E-state index contributed by atoms with van der Waals surface area (Å²) in [5, 5.41) is 6.50. The fourth-order valence-corrected chi connectivity index (χ4v) is 4.34. The van der Waals surface area contributed by atoms with Gasteiger partial charge in [-0.05, 0) is 63.4 Å². The van der Waals surface area contributed by atoms with Crippen LogP contribution >= 0.6 is 12.4 Å². The van der Waals surface area contributed by atoms with Crippen LogP contribution < -0.4 is 10.6 Å². The molecule has 2 amide bonds. The third kappa shape index (κ3) is 3.89. The Morgan fingerprint density at radius 3 is 2.54 bits per heavy atom. The molecule has 1 heterocycles. The van der Waals surface area contributed by atoms with Crippen LogP contribution in [0.3, 0.4) is 0 Å². The minimum Gasteiger partial charge on any atom is -0.339 e. The summed E-state index contributed by atoms with van der Waals surface area (Å²) in [7, 11) is 0. The first-order valence-electron chi connectivity index (χ1n) is 9.52. The maximum Gasteiger partial charge on any atom is 0.253 e. The normalized spacial score (nSPS) is 24.3. The summed E-state index contributed by atoms with van der Waals surface area (Å²) in [6.07, 6.45) is 4.46. The summed E-state index contributed by atoms with van der Waals surface area (Å²) < 4.78 is 0. The summed E-state index contributed by atoms with van der Waals surface area (Å²) in [6.45, 7) is 7.08. The van der Waals surface area contributed by atoms with E-state index in [2.05, 4.69) is 10.6 Å². The highest BCUT2D eigenvalue weighted by molar-refractivity contribution is 5.98. The van der Waals surface area contributed by atoms with Crippen LogP contribution in [0.25, 0.3) is 0 Å². The van der Waals surface area contributed by atoms with E-state index < -0.39 is 0 Å². The molecule has 0 unspecified atom stereocenters. The number of anilines is 1. The molecule has 0 aromatic heterocycles. The molecule has 0 bridgehead atoms. The quantitative estimate of drug-likeness (QED) is 0.825. The molecule has 0 radical (unpaired) electrons. The lowest BCUT2D eigenvalue weighted by atomic mass is 9.67. The van der Waals surface area contributed by atoms with Gasteiger partial charge in [-0.1, -0.05) is 12.8 Å². The van der Waals surface area contributed by atoms with Crippen molar-refractivity contribution in [3.63, 3.8) is 0 Å². The molecule has 2 fully saturated rings. The maximum absolute atomic E-state index is 13.0. The van der Waals surface area contributed by atoms with Crippen molar-refractivity contribution in [2.45, 2.75) is 39.5 Å². The SMILES string of the molecule is CCN(CC)C(=O)c1ccc(NC(=O)[C@@]23CCCC[C@H]2CNC3)cc1.Cl. The Hall–Kier alpha value is -1.59. The number of benzene rings is 1. The fourth-order valence-electron chi connectivity index (χ4n) is 4.34. The Kier molecular flexibility index (Phi) is 7.07. The molecule has 6 heteroatoms. The Balaban J connectivity index is 0.00000243. The van der Waals surface area contributed by atoms with Crippen molar-refractivity contribution in [3.05, 3.63) is 29.8 Å². The first kappa shape index (κ1) is 20.7. The molecule has 3 rings (SSSR count). The maximum atomic E-state index is 13.0. The van der Waals surface area contributed by atoms with E-state index in [1.807, 2.05) is 26.0 Å². The van der Waals surface area contributed by atoms with Gasteiger partial charge in [-0.2, -0.15) is 0 Å². The lowest BCUT2D eigenvalue weighted by Gasteiger charge is -2.37. The number of hydrogen-bond donors (Lipinski definition) is 2. The van der Waals surface area contributed by atoms with E-state index in [0.29, 0.717) is 24.6 Å². The van der Waals surface area contributed by atoms with Crippen molar-refractivity contribution in [2.24, 2.45) is 11.3 Å². The van der Waals surface area contributed by atoms with Gasteiger partial charge in [0.1, 0.15) is 0 Å². The van der Waals surface area contributed by atoms with Crippen molar-refractivity contribution in [2.75, 3.05) is 31.5 Å². The monoisotopic (exact) mass is 379 g/mol. The van der Waals surface area contributed by atoms with Crippen molar-refractivity contribution < 1.29 is 9.59 Å². The van der Waals surface area contributed by atoms with Crippen LogP contribution in [0.15, 0.2) is 24.3 Å². The molecule has 26 heavy (non-hydrogen) atoms. The summed E-state index contributed by atoms with van der Waals surface area (Å²) >= 11 is 0. The van der Waals surface area contributed by atoms with Crippen LogP contribution in [0, 0.1) is 11.3 Å². The second-order valence-corrected chi connectivity index (χ2v) is 7.24. The van der Waals surface area contributed by atoms with E-state index in [4.69, 9.17) is 0 Å². The van der Waals surface area contributed by atoms with Crippen molar-refractivity contribution >= 4 is 29.9 Å². The molecule has 1 saturated carbocycles. The second-order valence-electron chi connectivity index (χ2n) is 7.24. The molecule has 2 aliphatic rings. The van der Waals surface area contributed by atoms with E-state index in [1.165, 1.54) is 6.42 Å². The lowest BCUT2D eigenvalue weighted by Crippen LogP contribution is -2.44. The molecule has 2 atom stereocenters. The number of rotatable bonds is 5. The second kappa shape index (κ2) is 8.87. The van der Waals surface area contributed by atoms with Crippen molar-refractivity contribution in [3.8, 4) is 0 Å². The van der Waals surface area contributed by atoms with Crippen LogP contribution in [0.4, 0.5) is 5.69 Å². The minimum absolute atomic E-state index is 0. The molecule has 144 valence electrons. The lowest BCUT2D eigenvalue weighted by molar-refractivity contribution is -0.128. The van der Waals surface area contributed by atoms with Gasteiger partial charge in [-0.3, -0.25) is 9.59 Å². The molecular formula is C20H30ClN3O2. The largest absolute Gasteiger partial charge is 0.339 e. The number of nitrogens with one attached hydrogen (secondary N) is 2.